The Labute approximate surface area is 96.7 Å². The van der Waals surface area contributed by atoms with Crippen molar-refractivity contribution in [2.75, 3.05) is 6.61 Å². The summed E-state index contributed by atoms with van der Waals surface area (Å²) in [5.41, 5.74) is 0.865. The predicted octanol–water partition coefficient (Wildman–Crippen LogP) is 2.28. The lowest BCUT2D eigenvalue weighted by atomic mass is 10.1. The van der Waals surface area contributed by atoms with E-state index in [0.29, 0.717) is 12.8 Å². The lowest BCUT2D eigenvalue weighted by molar-refractivity contribution is 0.151. The Morgan fingerprint density at radius 1 is 1.19 bits per heavy atom. The second-order valence-electron chi connectivity index (χ2n) is 4.12. The van der Waals surface area contributed by atoms with Gasteiger partial charge in [0, 0.05) is 6.61 Å². The summed E-state index contributed by atoms with van der Waals surface area (Å²) in [6, 6.07) is 7.44. The standard InChI is InChI=1S/C13H20O3/c1-10(2)16-12-7-5-11(6-8-12)13(15)4-3-9-14/h5-8,10,13-15H,3-4,9H2,1-2H3. The van der Waals surface area contributed by atoms with Crippen LogP contribution in [0.4, 0.5) is 0 Å². The lowest BCUT2D eigenvalue weighted by Gasteiger charge is -2.13. The molecule has 1 aromatic carbocycles. The number of benzene rings is 1. The molecule has 3 heteroatoms. The van der Waals surface area contributed by atoms with Gasteiger partial charge in [-0.3, -0.25) is 0 Å². The molecule has 0 amide bonds. The molecule has 1 atom stereocenters. The van der Waals surface area contributed by atoms with E-state index in [0.717, 1.165) is 11.3 Å². The molecule has 0 heterocycles. The van der Waals surface area contributed by atoms with E-state index in [1.807, 2.05) is 38.1 Å². The van der Waals surface area contributed by atoms with Crippen molar-refractivity contribution in [3.8, 4) is 5.75 Å². The van der Waals surface area contributed by atoms with Gasteiger partial charge in [0.1, 0.15) is 5.75 Å². The molecule has 0 fully saturated rings. The van der Waals surface area contributed by atoms with Gasteiger partial charge in [0.05, 0.1) is 12.2 Å². The number of hydrogen-bond acceptors (Lipinski definition) is 3. The van der Waals surface area contributed by atoms with Gasteiger partial charge in [-0.2, -0.15) is 0 Å². The van der Waals surface area contributed by atoms with Crippen LogP contribution in [0.3, 0.4) is 0 Å². The summed E-state index contributed by atoms with van der Waals surface area (Å²) in [6.45, 7) is 4.07. The van der Waals surface area contributed by atoms with Crippen LogP contribution in [0.2, 0.25) is 0 Å². The van der Waals surface area contributed by atoms with Crippen molar-refractivity contribution in [3.05, 3.63) is 29.8 Å². The maximum atomic E-state index is 9.77. The zero-order valence-corrected chi connectivity index (χ0v) is 9.89. The van der Waals surface area contributed by atoms with Crippen LogP contribution in [0.25, 0.3) is 0 Å². The van der Waals surface area contributed by atoms with E-state index < -0.39 is 6.10 Å². The summed E-state index contributed by atoms with van der Waals surface area (Å²) < 4.78 is 5.51. The molecular formula is C13H20O3. The van der Waals surface area contributed by atoms with Gasteiger partial charge in [0.2, 0.25) is 0 Å². The average Bonchev–Trinajstić information content (AvgIpc) is 2.26. The van der Waals surface area contributed by atoms with E-state index in [9.17, 15) is 5.11 Å². The van der Waals surface area contributed by atoms with Crippen molar-refractivity contribution in [3.63, 3.8) is 0 Å². The molecule has 3 nitrogen and oxygen atoms in total. The van der Waals surface area contributed by atoms with Crippen LogP contribution in [0.5, 0.6) is 5.75 Å². The monoisotopic (exact) mass is 224 g/mol. The third kappa shape index (κ3) is 4.21. The Hall–Kier alpha value is -1.06. The van der Waals surface area contributed by atoms with Gasteiger partial charge < -0.3 is 14.9 Å². The summed E-state index contributed by atoms with van der Waals surface area (Å²) >= 11 is 0. The van der Waals surface area contributed by atoms with Gasteiger partial charge in [0.25, 0.3) is 0 Å². The molecule has 0 saturated heterocycles. The van der Waals surface area contributed by atoms with Gasteiger partial charge in [-0.15, -0.1) is 0 Å². The Morgan fingerprint density at radius 3 is 2.31 bits per heavy atom. The van der Waals surface area contributed by atoms with E-state index in [2.05, 4.69) is 0 Å². The van der Waals surface area contributed by atoms with E-state index in [-0.39, 0.29) is 12.7 Å². The van der Waals surface area contributed by atoms with Crippen molar-refractivity contribution in [2.45, 2.75) is 38.9 Å². The Kier molecular flexibility index (Phi) is 5.29. The zero-order chi connectivity index (χ0) is 12.0. The van der Waals surface area contributed by atoms with Crippen molar-refractivity contribution in [1.82, 2.24) is 0 Å². The molecule has 0 aromatic heterocycles. The Bertz CT molecular complexity index is 293. The SMILES string of the molecule is CC(C)Oc1ccc(C(O)CCCO)cc1. The molecule has 1 unspecified atom stereocenters. The highest BCUT2D eigenvalue weighted by molar-refractivity contribution is 5.28. The summed E-state index contributed by atoms with van der Waals surface area (Å²) in [4.78, 5) is 0. The van der Waals surface area contributed by atoms with Crippen molar-refractivity contribution >= 4 is 0 Å². The highest BCUT2D eigenvalue weighted by Crippen LogP contribution is 2.21. The summed E-state index contributed by atoms with van der Waals surface area (Å²) in [7, 11) is 0. The topological polar surface area (TPSA) is 49.7 Å². The van der Waals surface area contributed by atoms with E-state index in [1.165, 1.54) is 0 Å². The number of rotatable bonds is 6. The van der Waals surface area contributed by atoms with Gasteiger partial charge in [-0.1, -0.05) is 12.1 Å². The lowest BCUT2D eigenvalue weighted by Crippen LogP contribution is -2.05. The molecule has 1 rings (SSSR count). The Balaban J connectivity index is 2.56. The largest absolute Gasteiger partial charge is 0.491 e. The van der Waals surface area contributed by atoms with Crippen LogP contribution in [0.15, 0.2) is 24.3 Å². The summed E-state index contributed by atoms with van der Waals surface area (Å²) in [5, 5.41) is 18.4. The van der Waals surface area contributed by atoms with E-state index in [4.69, 9.17) is 9.84 Å². The molecule has 16 heavy (non-hydrogen) atoms. The number of aliphatic hydroxyl groups is 2. The maximum Gasteiger partial charge on any atom is 0.119 e. The second kappa shape index (κ2) is 6.51. The fourth-order valence-corrected chi connectivity index (χ4v) is 1.49. The van der Waals surface area contributed by atoms with Crippen LogP contribution in [0, 0.1) is 0 Å². The highest BCUT2D eigenvalue weighted by atomic mass is 16.5. The molecule has 0 aliphatic heterocycles. The quantitative estimate of drug-likeness (QED) is 0.779. The molecule has 90 valence electrons. The number of aliphatic hydroxyl groups excluding tert-OH is 2. The predicted molar refractivity (Wildman–Crippen MR) is 63.5 cm³/mol. The third-order valence-corrected chi connectivity index (χ3v) is 2.27. The van der Waals surface area contributed by atoms with Gasteiger partial charge in [0.15, 0.2) is 0 Å². The first kappa shape index (κ1) is 13.0. The normalized spacial score (nSPS) is 12.8. The number of ether oxygens (including phenoxy) is 1. The minimum atomic E-state index is -0.500. The van der Waals surface area contributed by atoms with Crippen molar-refractivity contribution in [2.24, 2.45) is 0 Å². The first-order valence-electron chi connectivity index (χ1n) is 5.69. The first-order chi connectivity index (χ1) is 7.63. The summed E-state index contributed by atoms with van der Waals surface area (Å²) in [5.74, 6) is 0.813. The average molecular weight is 224 g/mol. The smallest absolute Gasteiger partial charge is 0.119 e. The summed E-state index contributed by atoms with van der Waals surface area (Å²) in [6.07, 6.45) is 0.858. The third-order valence-electron chi connectivity index (χ3n) is 2.27. The molecule has 0 aliphatic carbocycles. The minimum absolute atomic E-state index is 0.117. The molecule has 0 spiro atoms. The van der Waals surface area contributed by atoms with Gasteiger partial charge in [-0.05, 0) is 44.4 Å². The minimum Gasteiger partial charge on any atom is -0.491 e. The van der Waals surface area contributed by atoms with Crippen LogP contribution in [-0.4, -0.2) is 22.9 Å². The molecule has 0 radical (unpaired) electrons. The van der Waals surface area contributed by atoms with Gasteiger partial charge >= 0.3 is 0 Å². The highest BCUT2D eigenvalue weighted by Gasteiger charge is 2.07. The molecule has 0 aliphatic rings. The van der Waals surface area contributed by atoms with Crippen molar-refractivity contribution < 1.29 is 14.9 Å². The number of hydrogen-bond donors (Lipinski definition) is 2. The molecule has 1 aromatic rings. The van der Waals surface area contributed by atoms with Crippen molar-refractivity contribution in [1.29, 1.82) is 0 Å². The maximum absolute atomic E-state index is 9.77. The fourth-order valence-electron chi connectivity index (χ4n) is 1.49. The van der Waals surface area contributed by atoms with E-state index >= 15 is 0 Å². The molecule has 0 bridgehead atoms. The molecular weight excluding hydrogens is 204 g/mol. The first-order valence-corrected chi connectivity index (χ1v) is 5.69. The molecule has 0 saturated carbocycles. The van der Waals surface area contributed by atoms with Crippen LogP contribution in [-0.2, 0) is 0 Å². The second-order valence-corrected chi connectivity index (χ2v) is 4.12. The van der Waals surface area contributed by atoms with Crippen LogP contribution >= 0.6 is 0 Å². The van der Waals surface area contributed by atoms with Crippen LogP contribution in [0.1, 0.15) is 38.4 Å². The van der Waals surface area contributed by atoms with Gasteiger partial charge in [-0.25, -0.2) is 0 Å². The fraction of sp³-hybridized carbons (Fsp3) is 0.538. The molecule has 2 N–H and O–H groups in total. The Morgan fingerprint density at radius 2 is 1.81 bits per heavy atom. The van der Waals surface area contributed by atoms with E-state index in [1.54, 1.807) is 0 Å². The zero-order valence-electron chi connectivity index (χ0n) is 9.89. The van der Waals surface area contributed by atoms with Crippen LogP contribution < -0.4 is 4.74 Å².